The maximum Gasteiger partial charge on any atom is 0.0924 e. The Balaban J connectivity index is 2.60. The van der Waals surface area contributed by atoms with Crippen molar-refractivity contribution in [1.82, 2.24) is 0 Å². The zero-order valence-corrected chi connectivity index (χ0v) is 5.41. The van der Waals surface area contributed by atoms with Crippen molar-refractivity contribution in [3.63, 3.8) is 0 Å². The number of hydrogen-bond donors (Lipinski definition) is 1. The summed E-state index contributed by atoms with van der Waals surface area (Å²) < 4.78 is 0. The third-order valence-electron chi connectivity index (χ3n) is 1.53. The molecular weight excluding hydrogens is 126 g/mol. The predicted molar refractivity (Wildman–Crippen MR) is 39.1 cm³/mol. The molecule has 0 unspecified atom stereocenters. The highest BCUT2D eigenvalue weighted by molar-refractivity contribution is 5.56. The van der Waals surface area contributed by atoms with E-state index in [-0.39, 0.29) is 0 Å². The van der Waals surface area contributed by atoms with Gasteiger partial charge in [0.2, 0.25) is 0 Å². The first kappa shape index (κ1) is 5.41. The maximum atomic E-state index is 5.53. The van der Waals surface area contributed by atoms with Crippen LogP contribution in [0.4, 0.5) is 11.4 Å². The van der Waals surface area contributed by atoms with E-state index in [4.69, 9.17) is 5.73 Å². The number of fused-ring (bicyclic) bond motifs is 1. The molecular formula is C7H7N3. The van der Waals surface area contributed by atoms with Gasteiger partial charge in [-0.3, -0.25) is 0 Å². The molecule has 3 nitrogen and oxygen atoms in total. The van der Waals surface area contributed by atoms with Crippen LogP contribution >= 0.6 is 0 Å². The van der Waals surface area contributed by atoms with Gasteiger partial charge in [0.05, 0.1) is 12.2 Å². The Morgan fingerprint density at radius 3 is 3.20 bits per heavy atom. The number of hydrogen-bond acceptors (Lipinski definition) is 3. The van der Waals surface area contributed by atoms with E-state index in [1.54, 1.807) is 0 Å². The summed E-state index contributed by atoms with van der Waals surface area (Å²) in [6, 6.07) is 5.67. The van der Waals surface area contributed by atoms with Crippen molar-refractivity contribution in [1.29, 1.82) is 0 Å². The van der Waals surface area contributed by atoms with Crippen LogP contribution in [-0.2, 0) is 6.54 Å². The van der Waals surface area contributed by atoms with Gasteiger partial charge in [0, 0.05) is 11.3 Å². The van der Waals surface area contributed by atoms with Crippen LogP contribution in [-0.4, -0.2) is 0 Å². The summed E-state index contributed by atoms with van der Waals surface area (Å²) in [6.45, 7) is 0.704. The Labute approximate surface area is 58.6 Å². The van der Waals surface area contributed by atoms with Gasteiger partial charge in [-0.1, -0.05) is 6.07 Å². The molecule has 1 aromatic carbocycles. The van der Waals surface area contributed by atoms with E-state index in [1.165, 1.54) is 0 Å². The van der Waals surface area contributed by atoms with Gasteiger partial charge in [-0.05, 0) is 12.1 Å². The van der Waals surface area contributed by atoms with Crippen molar-refractivity contribution in [3.8, 4) is 0 Å². The molecule has 0 radical (unpaired) electrons. The predicted octanol–water partition coefficient (Wildman–Crippen LogP) is 1.87. The summed E-state index contributed by atoms with van der Waals surface area (Å²) >= 11 is 0. The van der Waals surface area contributed by atoms with Crippen LogP contribution in [0.15, 0.2) is 28.4 Å². The van der Waals surface area contributed by atoms with E-state index in [0.717, 1.165) is 16.9 Å². The van der Waals surface area contributed by atoms with E-state index in [9.17, 15) is 0 Å². The topological polar surface area (TPSA) is 50.7 Å². The molecule has 0 bridgehead atoms. The van der Waals surface area contributed by atoms with Crippen LogP contribution in [0, 0.1) is 0 Å². The van der Waals surface area contributed by atoms with Crippen molar-refractivity contribution >= 4 is 11.4 Å². The standard InChI is InChI=1S/C7H7N3/c8-6-2-1-5-4-9-10-7(5)3-6/h1-3H,4,8H2. The van der Waals surface area contributed by atoms with E-state index < -0.39 is 0 Å². The summed E-state index contributed by atoms with van der Waals surface area (Å²) in [5.41, 5.74) is 8.36. The fourth-order valence-electron chi connectivity index (χ4n) is 0.995. The van der Waals surface area contributed by atoms with Crippen molar-refractivity contribution in [3.05, 3.63) is 23.8 Å². The maximum absolute atomic E-state index is 5.53. The van der Waals surface area contributed by atoms with E-state index >= 15 is 0 Å². The van der Waals surface area contributed by atoms with E-state index in [1.807, 2.05) is 18.2 Å². The van der Waals surface area contributed by atoms with Crippen molar-refractivity contribution < 1.29 is 0 Å². The largest absolute Gasteiger partial charge is 0.399 e. The lowest BCUT2D eigenvalue weighted by atomic mass is 10.2. The zero-order chi connectivity index (χ0) is 6.97. The summed E-state index contributed by atoms with van der Waals surface area (Å²) in [6.07, 6.45) is 0. The van der Waals surface area contributed by atoms with Crippen LogP contribution in [0.1, 0.15) is 5.56 Å². The minimum Gasteiger partial charge on any atom is -0.399 e. The van der Waals surface area contributed by atoms with Crippen molar-refractivity contribution in [2.75, 3.05) is 5.73 Å². The molecule has 1 aliphatic rings. The first-order valence-electron chi connectivity index (χ1n) is 3.12. The Morgan fingerprint density at radius 1 is 1.40 bits per heavy atom. The molecule has 0 saturated carbocycles. The number of nitrogens with zero attached hydrogens (tertiary/aromatic N) is 2. The molecule has 2 N–H and O–H groups in total. The summed E-state index contributed by atoms with van der Waals surface area (Å²) in [5, 5.41) is 7.77. The third-order valence-corrected chi connectivity index (χ3v) is 1.53. The molecule has 1 aromatic rings. The number of nitrogen functional groups attached to an aromatic ring is 1. The zero-order valence-electron chi connectivity index (χ0n) is 5.41. The van der Waals surface area contributed by atoms with Gasteiger partial charge in [-0.15, -0.1) is 0 Å². The molecule has 10 heavy (non-hydrogen) atoms. The Kier molecular flexibility index (Phi) is 0.974. The SMILES string of the molecule is Nc1ccc2c(c1)N=NC2. The molecule has 0 fully saturated rings. The lowest BCUT2D eigenvalue weighted by Gasteiger charge is -1.94. The number of rotatable bonds is 0. The molecule has 0 amide bonds. The fourth-order valence-corrected chi connectivity index (χ4v) is 0.995. The monoisotopic (exact) mass is 133 g/mol. The molecule has 1 heterocycles. The lowest BCUT2D eigenvalue weighted by Crippen LogP contribution is -1.83. The minimum atomic E-state index is 0.704. The quantitative estimate of drug-likeness (QED) is 0.539. The highest BCUT2D eigenvalue weighted by Gasteiger charge is 2.05. The van der Waals surface area contributed by atoms with Crippen LogP contribution in [0.5, 0.6) is 0 Å². The average Bonchev–Trinajstić information content (AvgIpc) is 2.33. The molecule has 1 aliphatic heterocycles. The van der Waals surface area contributed by atoms with E-state index in [0.29, 0.717) is 6.54 Å². The number of nitrogens with two attached hydrogens (primary N) is 1. The van der Waals surface area contributed by atoms with Gasteiger partial charge in [-0.2, -0.15) is 10.2 Å². The molecule has 3 heteroatoms. The molecule has 0 aromatic heterocycles. The Hall–Kier alpha value is -1.38. The van der Waals surface area contributed by atoms with Gasteiger partial charge in [0.15, 0.2) is 0 Å². The minimum absolute atomic E-state index is 0.704. The second kappa shape index (κ2) is 1.80. The van der Waals surface area contributed by atoms with Gasteiger partial charge < -0.3 is 5.73 Å². The Morgan fingerprint density at radius 2 is 2.30 bits per heavy atom. The lowest BCUT2D eigenvalue weighted by molar-refractivity contribution is 1.04. The van der Waals surface area contributed by atoms with Crippen molar-refractivity contribution in [2.45, 2.75) is 6.54 Å². The summed E-state index contributed by atoms with van der Waals surface area (Å²) in [5.74, 6) is 0. The van der Waals surface area contributed by atoms with Gasteiger partial charge in [-0.25, -0.2) is 0 Å². The van der Waals surface area contributed by atoms with Crippen molar-refractivity contribution in [2.24, 2.45) is 10.2 Å². The Bertz CT molecular complexity index is 291. The molecule has 0 saturated heterocycles. The van der Waals surface area contributed by atoms with Crippen LogP contribution in [0.2, 0.25) is 0 Å². The normalized spacial score (nSPS) is 13.6. The first-order chi connectivity index (χ1) is 4.86. The second-order valence-electron chi connectivity index (χ2n) is 2.29. The average molecular weight is 133 g/mol. The second-order valence-corrected chi connectivity index (χ2v) is 2.29. The molecule has 0 spiro atoms. The highest BCUT2D eigenvalue weighted by Crippen LogP contribution is 2.27. The van der Waals surface area contributed by atoms with Gasteiger partial charge in [0.1, 0.15) is 0 Å². The number of azo groups is 1. The summed E-state index contributed by atoms with van der Waals surface area (Å²) in [7, 11) is 0. The first-order valence-corrected chi connectivity index (χ1v) is 3.12. The summed E-state index contributed by atoms with van der Waals surface area (Å²) in [4.78, 5) is 0. The third kappa shape index (κ3) is 0.673. The van der Waals surface area contributed by atoms with Crippen LogP contribution < -0.4 is 5.73 Å². The smallest absolute Gasteiger partial charge is 0.0924 e. The molecule has 2 rings (SSSR count). The number of anilines is 1. The molecule has 0 atom stereocenters. The highest BCUT2D eigenvalue weighted by atomic mass is 15.1. The van der Waals surface area contributed by atoms with E-state index in [2.05, 4.69) is 10.2 Å². The van der Waals surface area contributed by atoms with Crippen LogP contribution in [0.3, 0.4) is 0 Å². The number of benzene rings is 1. The fraction of sp³-hybridized carbons (Fsp3) is 0.143. The molecule has 0 aliphatic carbocycles. The van der Waals surface area contributed by atoms with Crippen LogP contribution in [0.25, 0.3) is 0 Å². The van der Waals surface area contributed by atoms with Gasteiger partial charge >= 0.3 is 0 Å². The van der Waals surface area contributed by atoms with Gasteiger partial charge in [0.25, 0.3) is 0 Å². The molecule has 50 valence electrons.